The van der Waals surface area contributed by atoms with Gasteiger partial charge in [0.25, 0.3) is 0 Å². The van der Waals surface area contributed by atoms with E-state index in [9.17, 15) is 10.1 Å². The number of thioether (sulfide) groups is 1. The second kappa shape index (κ2) is 5.97. The molecular formula is C11H15N3O2S. The van der Waals surface area contributed by atoms with E-state index in [1.807, 2.05) is 0 Å². The van der Waals surface area contributed by atoms with Gasteiger partial charge < -0.3 is 5.32 Å². The van der Waals surface area contributed by atoms with E-state index >= 15 is 0 Å². The van der Waals surface area contributed by atoms with Crippen molar-refractivity contribution < 1.29 is 4.92 Å². The zero-order valence-electron chi connectivity index (χ0n) is 9.46. The van der Waals surface area contributed by atoms with Crippen molar-refractivity contribution in [3.63, 3.8) is 0 Å². The summed E-state index contributed by atoms with van der Waals surface area (Å²) >= 11 is 1.50. The fourth-order valence-electron chi connectivity index (χ4n) is 1.88. The zero-order valence-corrected chi connectivity index (χ0v) is 10.3. The minimum absolute atomic E-state index is 0.117. The molecule has 1 saturated heterocycles. The van der Waals surface area contributed by atoms with Crippen LogP contribution in [-0.2, 0) is 0 Å². The Bertz CT molecular complexity index is 394. The molecule has 0 bridgehead atoms. The summed E-state index contributed by atoms with van der Waals surface area (Å²) in [6.07, 6.45) is 3.90. The molecule has 1 aromatic rings. The molecule has 2 heterocycles. The lowest BCUT2D eigenvalue weighted by molar-refractivity contribution is -0.388. The summed E-state index contributed by atoms with van der Waals surface area (Å²) < 4.78 is 0. The zero-order chi connectivity index (χ0) is 12.1. The minimum atomic E-state index is -0.363. The Morgan fingerprint density at radius 2 is 2.29 bits per heavy atom. The van der Waals surface area contributed by atoms with E-state index in [0.29, 0.717) is 10.9 Å². The van der Waals surface area contributed by atoms with Gasteiger partial charge in [-0.1, -0.05) is 11.8 Å². The number of piperidine rings is 1. The average molecular weight is 253 g/mol. The first-order valence-electron chi connectivity index (χ1n) is 5.70. The van der Waals surface area contributed by atoms with Crippen molar-refractivity contribution in [2.45, 2.75) is 17.9 Å². The van der Waals surface area contributed by atoms with E-state index in [4.69, 9.17) is 0 Å². The van der Waals surface area contributed by atoms with Gasteiger partial charge in [0.05, 0.1) is 4.92 Å². The SMILES string of the molecule is O=[N+]([O-])c1cccnc1SCC1CCNCC1. The molecule has 0 saturated carbocycles. The third-order valence-corrected chi connectivity index (χ3v) is 4.09. The van der Waals surface area contributed by atoms with Crippen molar-refractivity contribution in [3.8, 4) is 0 Å². The highest BCUT2D eigenvalue weighted by Crippen LogP contribution is 2.29. The molecular weight excluding hydrogens is 238 g/mol. The normalized spacial score (nSPS) is 16.9. The van der Waals surface area contributed by atoms with E-state index in [1.165, 1.54) is 17.8 Å². The second-order valence-electron chi connectivity index (χ2n) is 4.09. The molecule has 0 unspecified atom stereocenters. The largest absolute Gasteiger partial charge is 0.317 e. The number of pyridine rings is 1. The summed E-state index contributed by atoms with van der Waals surface area (Å²) in [5, 5.41) is 14.7. The predicted molar refractivity (Wildman–Crippen MR) is 67.2 cm³/mol. The Labute approximate surface area is 104 Å². The van der Waals surface area contributed by atoms with Crippen molar-refractivity contribution in [3.05, 3.63) is 28.4 Å². The van der Waals surface area contributed by atoms with Crippen LogP contribution in [0.2, 0.25) is 0 Å². The number of rotatable bonds is 4. The summed E-state index contributed by atoms with van der Waals surface area (Å²) in [6.45, 7) is 2.10. The van der Waals surface area contributed by atoms with Gasteiger partial charge in [0.1, 0.15) is 0 Å². The predicted octanol–water partition coefficient (Wildman–Crippen LogP) is 2.08. The molecule has 2 rings (SSSR count). The van der Waals surface area contributed by atoms with Crippen LogP contribution < -0.4 is 5.32 Å². The Balaban J connectivity index is 1.96. The lowest BCUT2D eigenvalue weighted by atomic mass is 10.0. The molecule has 1 N–H and O–H groups in total. The highest BCUT2D eigenvalue weighted by atomic mass is 32.2. The maximum absolute atomic E-state index is 10.8. The number of aromatic nitrogens is 1. The number of hydrogen-bond acceptors (Lipinski definition) is 5. The highest BCUT2D eigenvalue weighted by molar-refractivity contribution is 7.99. The first-order valence-corrected chi connectivity index (χ1v) is 6.69. The Kier molecular flexibility index (Phi) is 4.33. The quantitative estimate of drug-likeness (QED) is 0.505. The molecule has 0 spiro atoms. The van der Waals surface area contributed by atoms with Gasteiger partial charge in [0.2, 0.25) is 0 Å². The van der Waals surface area contributed by atoms with Crippen LogP contribution in [0, 0.1) is 16.0 Å². The first kappa shape index (κ1) is 12.3. The monoisotopic (exact) mass is 253 g/mol. The molecule has 0 atom stereocenters. The standard InChI is InChI=1S/C11H15N3O2S/c15-14(16)10-2-1-5-13-11(10)17-8-9-3-6-12-7-4-9/h1-2,5,9,12H,3-4,6-8H2. The summed E-state index contributed by atoms with van der Waals surface area (Å²) in [5.41, 5.74) is 0.117. The highest BCUT2D eigenvalue weighted by Gasteiger charge is 2.18. The molecule has 1 fully saturated rings. The van der Waals surface area contributed by atoms with Gasteiger partial charge in [-0.15, -0.1) is 0 Å². The molecule has 0 amide bonds. The van der Waals surface area contributed by atoms with Crippen LogP contribution in [0.25, 0.3) is 0 Å². The Morgan fingerprint density at radius 1 is 1.53 bits per heavy atom. The van der Waals surface area contributed by atoms with E-state index in [1.54, 1.807) is 12.3 Å². The van der Waals surface area contributed by atoms with Crippen LogP contribution in [0.1, 0.15) is 12.8 Å². The third-order valence-electron chi connectivity index (χ3n) is 2.86. The molecule has 92 valence electrons. The summed E-state index contributed by atoms with van der Waals surface area (Å²) in [4.78, 5) is 14.5. The first-order chi connectivity index (χ1) is 8.27. The van der Waals surface area contributed by atoms with Crippen molar-refractivity contribution in [2.24, 2.45) is 5.92 Å². The van der Waals surface area contributed by atoms with Gasteiger partial charge in [-0.05, 0) is 37.9 Å². The molecule has 1 aliphatic heterocycles. The topological polar surface area (TPSA) is 68.1 Å². The van der Waals surface area contributed by atoms with Gasteiger partial charge in [-0.25, -0.2) is 4.98 Å². The molecule has 0 radical (unpaired) electrons. The maximum atomic E-state index is 10.8. The fraction of sp³-hybridized carbons (Fsp3) is 0.545. The van der Waals surface area contributed by atoms with Crippen molar-refractivity contribution >= 4 is 17.4 Å². The molecule has 1 aromatic heterocycles. The van der Waals surface area contributed by atoms with Gasteiger partial charge in [-0.3, -0.25) is 10.1 Å². The smallest absolute Gasteiger partial charge is 0.301 e. The van der Waals surface area contributed by atoms with Gasteiger partial charge in [-0.2, -0.15) is 0 Å². The molecule has 1 aliphatic rings. The van der Waals surface area contributed by atoms with E-state index in [2.05, 4.69) is 10.3 Å². The maximum Gasteiger partial charge on any atom is 0.301 e. The van der Waals surface area contributed by atoms with Crippen molar-refractivity contribution in [2.75, 3.05) is 18.8 Å². The van der Waals surface area contributed by atoms with Gasteiger partial charge in [0.15, 0.2) is 5.03 Å². The van der Waals surface area contributed by atoms with Gasteiger partial charge >= 0.3 is 5.69 Å². The molecule has 6 heteroatoms. The lowest BCUT2D eigenvalue weighted by Gasteiger charge is -2.21. The van der Waals surface area contributed by atoms with E-state index < -0.39 is 0 Å². The van der Waals surface area contributed by atoms with Crippen molar-refractivity contribution in [1.29, 1.82) is 0 Å². The third kappa shape index (κ3) is 3.41. The van der Waals surface area contributed by atoms with E-state index in [-0.39, 0.29) is 10.6 Å². The summed E-state index contributed by atoms with van der Waals surface area (Å²) in [5.74, 6) is 1.56. The van der Waals surface area contributed by atoms with Crippen LogP contribution >= 0.6 is 11.8 Å². The number of hydrogen-bond donors (Lipinski definition) is 1. The lowest BCUT2D eigenvalue weighted by Crippen LogP contribution is -2.28. The molecule has 17 heavy (non-hydrogen) atoms. The van der Waals surface area contributed by atoms with Crippen molar-refractivity contribution in [1.82, 2.24) is 10.3 Å². The van der Waals surface area contributed by atoms with E-state index in [0.717, 1.165) is 31.7 Å². The molecule has 0 aromatic carbocycles. The van der Waals surface area contributed by atoms with Gasteiger partial charge in [0, 0.05) is 18.0 Å². The number of nitrogens with one attached hydrogen (secondary N) is 1. The van der Waals surface area contributed by atoms with Crippen LogP contribution in [0.4, 0.5) is 5.69 Å². The molecule has 0 aliphatic carbocycles. The van der Waals surface area contributed by atoms with Crippen LogP contribution in [0.3, 0.4) is 0 Å². The van der Waals surface area contributed by atoms with Crippen LogP contribution in [0.15, 0.2) is 23.4 Å². The fourth-order valence-corrected chi connectivity index (χ4v) is 3.03. The number of nitro groups is 1. The van der Waals surface area contributed by atoms with Crippen LogP contribution in [0.5, 0.6) is 0 Å². The minimum Gasteiger partial charge on any atom is -0.317 e. The average Bonchev–Trinajstić information content (AvgIpc) is 2.38. The Hall–Kier alpha value is -1.14. The molecule has 5 nitrogen and oxygen atoms in total. The summed E-state index contributed by atoms with van der Waals surface area (Å²) in [7, 11) is 0. The number of nitrogens with zero attached hydrogens (tertiary/aromatic N) is 2. The van der Waals surface area contributed by atoms with Crippen LogP contribution in [-0.4, -0.2) is 28.7 Å². The second-order valence-corrected chi connectivity index (χ2v) is 5.10. The Morgan fingerprint density at radius 3 is 3.00 bits per heavy atom. The summed E-state index contributed by atoms with van der Waals surface area (Å²) in [6, 6.07) is 3.12.